The first-order chi connectivity index (χ1) is 10.6. The van der Waals surface area contributed by atoms with E-state index in [2.05, 4.69) is 5.32 Å². The van der Waals surface area contributed by atoms with Crippen LogP contribution in [0.3, 0.4) is 0 Å². The maximum atomic E-state index is 14.1. The number of benzene rings is 1. The highest BCUT2D eigenvalue weighted by molar-refractivity contribution is 5.70. The van der Waals surface area contributed by atoms with Gasteiger partial charge in [0.15, 0.2) is 0 Å². The van der Waals surface area contributed by atoms with Gasteiger partial charge in [-0.2, -0.15) is 0 Å². The average molecular weight is 308 g/mol. The number of halogens is 1. The third-order valence-corrected chi connectivity index (χ3v) is 3.80. The number of carbonyl (C=O) groups is 1. The fourth-order valence-electron chi connectivity index (χ4n) is 2.37. The van der Waals surface area contributed by atoms with Crippen LogP contribution in [0.15, 0.2) is 18.2 Å². The van der Waals surface area contributed by atoms with Crippen molar-refractivity contribution in [2.24, 2.45) is 0 Å². The van der Waals surface area contributed by atoms with Gasteiger partial charge in [0.2, 0.25) is 0 Å². The Morgan fingerprint density at radius 2 is 2.18 bits per heavy atom. The van der Waals surface area contributed by atoms with E-state index in [-0.39, 0.29) is 18.2 Å². The van der Waals surface area contributed by atoms with Gasteiger partial charge >= 0.3 is 5.97 Å². The SMILES string of the molecule is CCOC(=O)CCN(CC)c1cc(CNC2CC2)ccc1F. The lowest BCUT2D eigenvalue weighted by atomic mass is 10.1. The topological polar surface area (TPSA) is 41.6 Å². The lowest BCUT2D eigenvalue weighted by Crippen LogP contribution is -2.27. The molecule has 1 aliphatic carbocycles. The van der Waals surface area contributed by atoms with Gasteiger partial charge < -0.3 is 15.0 Å². The first kappa shape index (κ1) is 16.7. The molecule has 0 aliphatic heterocycles. The van der Waals surface area contributed by atoms with Crippen LogP contribution >= 0.6 is 0 Å². The molecule has 0 heterocycles. The number of esters is 1. The normalized spacial score (nSPS) is 14.0. The Labute approximate surface area is 131 Å². The van der Waals surface area contributed by atoms with E-state index in [1.165, 1.54) is 18.9 Å². The maximum absolute atomic E-state index is 14.1. The second-order valence-electron chi connectivity index (χ2n) is 5.58. The summed E-state index contributed by atoms with van der Waals surface area (Å²) in [5, 5.41) is 3.43. The third-order valence-electron chi connectivity index (χ3n) is 3.80. The summed E-state index contributed by atoms with van der Waals surface area (Å²) < 4.78 is 19.0. The minimum atomic E-state index is -0.249. The minimum Gasteiger partial charge on any atom is -0.466 e. The van der Waals surface area contributed by atoms with Crippen LogP contribution in [0.25, 0.3) is 0 Å². The molecule has 1 aliphatic rings. The molecule has 4 nitrogen and oxygen atoms in total. The van der Waals surface area contributed by atoms with Gasteiger partial charge in [0.1, 0.15) is 5.82 Å². The van der Waals surface area contributed by atoms with Gasteiger partial charge in [-0.15, -0.1) is 0 Å². The number of hydrogen-bond donors (Lipinski definition) is 1. The smallest absolute Gasteiger partial charge is 0.307 e. The van der Waals surface area contributed by atoms with E-state index >= 15 is 0 Å². The van der Waals surface area contributed by atoms with Crippen LogP contribution in [0, 0.1) is 5.82 Å². The van der Waals surface area contributed by atoms with E-state index in [1.54, 1.807) is 6.92 Å². The molecular formula is C17H25FN2O2. The van der Waals surface area contributed by atoms with Gasteiger partial charge in [0.25, 0.3) is 0 Å². The summed E-state index contributed by atoms with van der Waals surface area (Å²) in [6.07, 6.45) is 2.73. The summed E-state index contributed by atoms with van der Waals surface area (Å²) in [5.74, 6) is -0.492. The summed E-state index contributed by atoms with van der Waals surface area (Å²) >= 11 is 0. The van der Waals surface area contributed by atoms with Crippen molar-refractivity contribution >= 4 is 11.7 Å². The van der Waals surface area contributed by atoms with Gasteiger partial charge in [-0.05, 0) is 44.4 Å². The highest BCUT2D eigenvalue weighted by atomic mass is 19.1. The van der Waals surface area contributed by atoms with Gasteiger partial charge in [-0.1, -0.05) is 6.07 Å². The highest BCUT2D eigenvalue weighted by Gasteiger charge is 2.20. The van der Waals surface area contributed by atoms with Crippen molar-refractivity contribution < 1.29 is 13.9 Å². The molecule has 0 spiro atoms. The Kier molecular flexibility index (Phi) is 6.19. The molecule has 22 heavy (non-hydrogen) atoms. The average Bonchev–Trinajstić information content (AvgIpc) is 3.32. The number of carbonyl (C=O) groups excluding carboxylic acids is 1. The molecule has 0 saturated heterocycles. The lowest BCUT2D eigenvalue weighted by Gasteiger charge is -2.24. The van der Waals surface area contributed by atoms with Crippen molar-refractivity contribution in [2.45, 2.75) is 45.7 Å². The Bertz CT molecular complexity index is 503. The first-order valence-electron chi connectivity index (χ1n) is 8.06. The number of nitrogens with one attached hydrogen (secondary N) is 1. The van der Waals surface area contributed by atoms with E-state index < -0.39 is 0 Å². The van der Waals surface area contributed by atoms with Crippen LogP contribution in [0.4, 0.5) is 10.1 Å². The molecule has 1 fully saturated rings. The van der Waals surface area contributed by atoms with Gasteiger partial charge in [-0.25, -0.2) is 4.39 Å². The summed E-state index contributed by atoms with van der Waals surface area (Å²) in [5.41, 5.74) is 1.62. The largest absolute Gasteiger partial charge is 0.466 e. The molecule has 122 valence electrons. The zero-order valence-electron chi connectivity index (χ0n) is 13.4. The molecule has 0 unspecified atom stereocenters. The van der Waals surface area contributed by atoms with Crippen molar-refractivity contribution in [3.8, 4) is 0 Å². The molecule has 5 heteroatoms. The van der Waals surface area contributed by atoms with Crippen LogP contribution in [0.2, 0.25) is 0 Å². The second-order valence-corrected chi connectivity index (χ2v) is 5.58. The van der Waals surface area contributed by atoms with E-state index in [1.807, 2.05) is 24.0 Å². The van der Waals surface area contributed by atoms with Crippen molar-refractivity contribution in [3.63, 3.8) is 0 Å². The minimum absolute atomic E-state index is 0.243. The van der Waals surface area contributed by atoms with E-state index in [9.17, 15) is 9.18 Å². The molecule has 0 atom stereocenters. The number of rotatable bonds is 9. The second kappa shape index (κ2) is 8.13. The van der Waals surface area contributed by atoms with Gasteiger partial charge in [-0.3, -0.25) is 4.79 Å². The monoisotopic (exact) mass is 308 g/mol. The van der Waals surface area contributed by atoms with Crippen LogP contribution < -0.4 is 10.2 Å². The summed E-state index contributed by atoms with van der Waals surface area (Å²) in [7, 11) is 0. The molecule has 1 N–H and O–H groups in total. The van der Waals surface area contributed by atoms with Crippen LogP contribution in [0.5, 0.6) is 0 Å². The Hall–Kier alpha value is -1.62. The molecule has 2 rings (SSSR count). The molecule has 1 aromatic rings. The molecule has 0 aromatic heterocycles. The molecule has 0 bridgehead atoms. The molecule has 1 aromatic carbocycles. The van der Waals surface area contributed by atoms with Crippen LogP contribution in [-0.2, 0) is 16.1 Å². The number of hydrogen-bond acceptors (Lipinski definition) is 4. The maximum Gasteiger partial charge on any atom is 0.307 e. The van der Waals surface area contributed by atoms with E-state index in [0.29, 0.717) is 31.4 Å². The van der Waals surface area contributed by atoms with E-state index in [4.69, 9.17) is 4.74 Å². The summed E-state index contributed by atoms with van der Waals surface area (Å²) in [6.45, 7) is 5.99. The molecule has 0 amide bonds. The fraction of sp³-hybridized carbons (Fsp3) is 0.588. The number of nitrogens with zero attached hydrogens (tertiary/aromatic N) is 1. The summed E-state index contributed by atoms with van der Waals surface area (Å²) in [4.78, 5) is 13.4. The predicted octanol–water partition coefficient (Wildman–Crippen LogP) is 2.86. The zero-order chi connectivity index (χ0) is 15.9. The van der Waals surface area contributed by atoms with Gasteiger partial charge in [0, 0.05) is 25.7 Å². The summed E-state index contributed by atoms with van der Waals surface area (Å²) in [6, 6.07) is 5.82. The quantitative estimate of drug-likeness (QED) is 0.712. The van der Waals surface area contributed by atoms with Crippen LogP contribution in [-0.4, -0.2) is 31.7 Å². The number of ether oxygens (including phenoxy) is 1. The van der Waals surface area contributed by atoms with Crippen molar-refractivity contribution in [2.75, 3.05) is 24.6 Å². The van der Waals surface area contributed by atoms with Gasteiger partial charge in [0.05, 0.1) is 18.7 Å². The lowest BCUT2D eigenvalue weighted by molar-refractivity contribution is -0.142. The fourth-order valence-corrected chi connectivity index (χ4v) is 2.37. The molecule has 0 radical (unpaired) electrons. The molecular weight excluding hydrogens is 283 g/mol. The third kappa shape index (κ3) is 4.98. The molecule has 1 saturated carbocycles. The highest BCUT2D eigenvalue weighted by Crippen LogP contribution is 2.23. The Morgan fingerprint density at radius 1 is 1.41 bits per heavy atom. The number of anilines is 1. The zero-order valence-corrected chi connectivity index (χ0v) is 13.4. The Morgan fingerprint density at radius 3 is 2.82 bits per heavy atom. The van der Waals surface area contributed by atoms with Crippen molar-refractivity contribution in [3.05, 3.63) is 29.6 Å². The van der Waals surface area contributed by atoms with Crippen molar-refractivity contribution in [1.82, 2.24) is 5.32 Å². The first-order valence-corrected chi connectivity index (χ1v) is 8.06. The predicted molar refractivity (Wildman–Crippen MR) is 85.4 cm³/mol. The standard InChI is InChI=1S/C17H25FN2O2/c1-3-20(10-9-17(21)22-4-2)16-11-13(5-8-15(16)18)12-19-14-6-7-14/h5,8,11,14,19H,3-4,6-7,9-10,12H2,1-2H3. The van der Waals surface area contributed by atoms with E-state index in [0.717, 1.165) is 12.1 Å². The Balaban J connectivity index is 1.99. The van der Waals surface area contributed by atoms with Crippen LogP contribution in [0.1, 0.15) is 38.7 Å². The van der Waals surface area contributed by atoms with Crippen molar-refractivity contribution in [1.29, 1.82) is 0 Å².